The number of carboxylic acids is 1. The molecule has 1 saturated heterocycles. The minimum Gasteiger partial charge on any atom is -0.481 e. The first-order valence-corrected chi connectivity index (χ1v) is 13.0. The molecule has 1 saturated carbocycles. The van der Waals surface area contributed by atoms with Gasteiger partial charge in [-0.3, -0.25) is 9.69 Å². The summed E-state index contributed by atoms with van der Waals surface area (Å²) in [5, 5.41) is 25.5. The number of benzene rings is 2. The number of carboxylic acid groups (broad SMARTS) is 1. The van der Waals surface area contributed by atoms with Gasteiger partial charge in [-0.05, 0) is 72.1 Å². The number of aryl methyl sites for hydroxylation is 1. The van der Waals surface area contributed by atoms with Crippen LogP contribution >= 0.6 is 0 Å². The van der Waals surface area contributed by atoms with Crippen LogP contribution in [0, 0.1) is 11.3 Å². The minimum atomic E-state index is -4.34. The van der Waals surface area contributed by atoms with Gasteiger partial charge in [0.2, 0.25) is 0 Å². The normalized spacial score (nSPS) is 17.0. The molecule has 37 heavy (non-hydrogen) atoms. The van der Waals surface area contributed by atoms with Gasteiger partial charge in [0.05, 0.1) is 18.1 Å². The Balaban J connectivity index is 0.000000206. The third-order valence-corrected chi connectivity index (χ3v) is 7.37. The fourth-order valence-corrected chi connectivity index (χ4v) is 5.16. The molecule has 1 heterocycles. The molecule has 0 atom stereocenters. The van der Waals surface area contributed by atoms with Crippen LogP contribution in [0.3, 0.4) is 0 Å². The lowest BCUT2D eigenvalue weighted by Gasteiger charge is -2.37. The standard InChI is InChI=1S/C15H20N2O2.C14H17F3O/c1-3-11-6-12(10(2)16)4-5-13(11)7-17-8-14(9-17)15(18)19;15-14(16,17)13-8-10(9-18)6-7-12(13)11-4-2-1-3-5-11/h4-6,14,16H,3,7-9H2,1-2H3,(H,18,19);6-8,11,18H,1-5,9H2. The van der Waals surface area contributed by atoms with Crippen molar-refractivity contribution in [1.29, 1.82) is 5.41 Å². The third-order valence-electron chi connectivity index (χ3n) is 7.37. The van der Waals surface area contributed by atoms with E-state index in [2.05, 4.69) is 24.0 Å². The molecule has 8 heteroatoms. The van der Waals surface area contributed by atoms with E-state index in [-0.39, 0.29) is 18.4 Å². The molecule has 2 aromatic carbocycles. The monoisotopic (exact) mass is 518 g/mol. The van der Waals surface area contributed by atoms with Crippen LogP contribution in [-0.2, 0) is 30.5 Å². The van der Waals surface area contributed by atoms with Crippen molar-refractivity contribution in [3.63, 3.8) is 0 Å². The van der Waals surface area contributed by atoms with Crippen molar-refractivity contribution in [2.75, 3.05) is 13.1 Å². The number of aliphatic carboxylic acids is 1. The molecule has 202 valence electrons. The summed E-state index contributed by atoms with van der Waals surface area (Å²) in [6.45, 7) is 5.64. The van der Waals surface area contributed by atoms with Gasteiger partial charge in [0.1, 0.15) is 0 Å². The van der Waals surface area contributed by atoms with Crippen LogP contribution in [0.1, 0.15) is 85.3 Å². The molecule has 2 aromatic rings. The van der Waals surface area contributed by atoms with Crippen LogP contribution in [0.2, 0.25) is 0 Å². The van der Waals surface area contributed by atoms with Gasteiger partial charge in [0, 0.05) is 25.3 Å². The van der Waals surface area contributed by atoms with E-state index >= 15 is 0 Å². The molecule has 0 bridgehead atoms. The van der Waals surface area contributed by atoms with Gasteiger partial charge in [-0.25, -0.2) is 0 Å². The maximum absolute atomic E-state index is 13.0. The van der Waals surface area contributed by atoms with Crippen LogP contribution < -0.4 is 0 Å². The van der Waals surface area contributed by atoms with E-state index < -0.39 is 17.7 Å². The summed E-state index contributed by atoms with van der Waals surface area (Å²) in [6, 6.07) is 10.4. The van der Waals surface area contributed by atoms with Crippen molar-refractivity contribution in [2.45, 2.75) is 77.6 Å². The molecule has 0 spiro atoms. The Morgan fingerprint density at radius 1 is 1.05 bits per heavy atom. The molecule has 1 aliphatic heterocycles. The first-order valence-electron chi connectivity index (χ1n) is 13.0. The predicted molar refractivity (Wildman–Crippen MR) is 138 cm³/mol. The highest BCUT2D eigenvalue weighted by Crippen LogP contribution is 2.41. The molecule has 0 radical (unpaired) electrons. The van der Waals surface area contributed by atoms with Crippen molar-refractivity contribution in [3.05, 3.63) is 69.8 Å². The predicted octanol–water partition coefficient (Wildman–Crippen LogP) is 6.40. The number of likely N-dealkylation sites (tertiary alicyclic amines) is 1. The smallest absolute Gasteiger partial charge is 0.416 e. The Labute approximate surface area is 216 Å². The van der Waals surface area contributed by atoms with Crippen LogP contribution in [0.4, 0.5) is 13.2 Å². The number of alkyl halides is 3. The van der Waals surface area contributed by atoms with E-state index in [9.17, 15) is 18.0 Å². The van der Waals surface area contributed by atoms with Crippen molar-refractivity contribution >= 4 is 11.7 Å². The van der Waals surface area contributed by atoms with Gasteiger partial charge in [-0.15, -0.1) is 0 Å². The lowest BCUT2D eigenvalue weighted by molar-refractivity contribution is -0.147. The first-order chi connectivity index (χ1) is 17.5. The van der Waals surface area contributed by atoms with E-state index in [1.165, 1.54) is 11.1 Å². The van der Waals surface area contributed by atoms with Crippen molar-refractivity contribution in [2.24, 2.45) is 5.92 Å². The molecule has 2 aliphatic rings. The minimum absolute atomic E-state index is 0.0168. The average Bonchev–Trinajstić information content (AvgIpc) is 2.85. The molecule has 3 N–H and O–H groups in total. The lowest BCUT2D eigenvalue weighted by Crippen LogP contribution is -2.49. The summed E-state index contributed by atoms with van der Waals surface area (Å²) in [7, 11) is 0. The van der Waals surface area contributed by atoms with E-state index in [1.807, 2.05) is 6.07 Å². The van der Waals surface area contributed by atoms with Crippen LogP contribution in [0.5, 0.6) is 0 Å². The zero-order valence-electron chi connectivity index (χ0n) is 21.6. The Morgan fingerprint density at radius 3 is 2.27 bits per heavy atom. The SMILES string of the molecule is CCc1cc(C(C)=N)ccc1CN1CC(C(=O)O)C1.OCc1ccc(C2CCCCC2)c(C(F)(F)F)c1. The zero-order chi connectivity index (χ0) is 27.2. The number of nitrogens with zero attached hydrogens (tertiary/aromatic N) is 1. The number of halogens is 3. The number of rotatable bonds is 7. The maximum atomic E-state index is 13.0. The Morgan fingerprint density at radius 2 is 1.73 bits per heavy atom. The molecule has 1 aliphatic carbocycles. The number of hydrogen-bond acceptors (Lipinski definition) is 4. The topological polar surface area (TPSA) is 84.6 Å². The van der Waals surface area contributed by atoms with Gasteiger partial charge in [-0.2, -0.15) is 13.2 Å². The molecule has 4 rings (SSSR count). The fraction of sp³-hybridized carbons (Fsp3) is 0.517. The van der Waals surface area contributed by atoms with E-state index in [1.54, 1.807) is 19.1 Å². The summed E-state index contributed by atoms with van der Waals surface area (Å²) in [6.07, 6.45) is 1.40. The third kappa shape index (κ3) is 7.65. The van der Waals surface area contributed by atoms with Crippen molar-refractivity contribution in [1.82, 2.24) is 4.90 Å². The maximum Gasteiger partial charge on any atom is 0.416 e. The highest BCUT2D eigenvalue weighted by atomic mass is 19.4. The van der Waals surface area contributed by atoms with Gasteiger partial charge in [0.15, 0.2) is 0 Å². The molecule has 0 unspecified atom stereocenters. The van der Waals surface area contributed by atoms with Crippen LogP contribution in [0.25, 0.3) is 0 Å². The summed E-state index contributed by atoms with van der Waals surface area (Å²) < 4.78 is 39.1. The second-order valence-corrected chi connectivity index (χ2v) is 10.1. The number of carbonyl (C=O) groups is 1. The molecule has 5 nitrogen and oxygen atoms in total. The summed E-state index contributed by atoms with van der Waals surface area (Å²) in [4.78, 5) is 12.9. The molecular formula is C29H37F3N2O3. The number of aliphatic hydroxyl groups excluding tert-OH is 1. The first kappa shape index (κ1) is 28.9. The van der Waals surface area contributed by atoms with Gasteiger partial charge in [0.25, 0.3) is 0 Å². The van der Waals surface area contributed by atoms with Gasteiger partial charge >= 0.3 is 12.1 Å². The van der Waals surface area contributed by atoms with Crippen LogP contribution in [-0.4, -0.2) is 39.9 Å². The lowest BCUT2D eigenvalue weighted by atomic mass is 9.81. The van der Waals surface area contributed by atoms with Crippen LogP contribution in [0.15, 0.2) is 36.4 Å². The summed E-state index contributed by atoms with van der Waals surface area (Å²) >= 11 is 0. The Kier molecular flexibility index (Phi) is 9.90. The Bertz CT molecular complexity index is 1090. The average molecular weight is 519 g/mol. The van der Waals surface area contributed by atoms with E-state index in [4.69, 9.17) is 15.6 Å². The Hall–Kier alpha value is -2.71. The number of nitrogens with one attached hydrogen (secondary N) is 1. The summed E-state index contributed by atoms with van der Waals surface area (Å²) in [5.74, 6) is -0.877. The van der Waals surface area contributed by atoms with Crippen molar-refractivity contribution < 1.29 is 28.2 Å². The van der Waals surface area contributed by atoms with Gasteiger partial charge < -0.3 is 15.6 Å². The number of hydrogen-bond donors (Lipinski definition) is 3. The zero-order valence-corrected chi connectivity index (χ0v) is 21.6. The molecule has 0 amide bonds. The highest BCUT2D eigenvalue weighted by molar-refractivity contribution is 5.96. The van der Waals surface area contributed by atoms with Crippen molar-refractivity contribution in [3.8, 4) is 0 Å². The molecule has 0 aromatic heterocycles. The molecular weight excluding hydrogens is 481 g/mol. The summed E-state index contributed by atoms with van der Waals surface area (Å²) in [5.41, 5.74) is 4.20. The van der Waals surface area contributed by atoms with Gasteiger partial charge in [-0.1, -0.05) is 50.5 Å². The second-order valence-electron chi connectivity index (χ2n) is 10.1. The largest absolute Gasteiger partial charge is 0.481 e. The number of aliphatic hydroxyl groups is 1. The molecule has 2 fully saturated rings. The quantitative estimate of drug-likeness (QED) is 0.371. The fourth-order valence-electron chi connectivity index (χ4n) is 5.16. The van der Waals surface area contributed by atoms with E-state index in [0.717, 1.165) is 56.7 Å². The highest BCUT2D eigenvalue weighted by Gasteiger charge is 2.36. The van der Waals surface area contributed by atoms with E-state index in [0.29, 0.717) is 29.9 Å². The second kappa shape index (κ2) is 12.7.